The molecule has 6 heteroatoms. The van der Waals surface area contributed by atoms with Gasteiger partial charge in [0.2, 0.25) is 0 Å². The fraction of sp³-hybridized carbons (Fsp3) is 0.636. The highest BCUT2D eigenvalue weighted by molar-refractivity contribution is 14.1. The van der Waals surface area contributed by atoms with E-state index in [0.717, 1.165) is 12.0 Å². The molecular formula is C11H16INO3S. The van der Waals surface area contributed by atoms with Gasteiger partial charge in [0.1, 0.15) is 5.03 Å². The summed E-state index contributed by atoms with van der Waals surface area (Å²) in [5.74, 6) is 0. The summed E-state index contributed by atoms with van der Waals surface area (Å²) in [7, 11) is -3.42. The maximum absolute atomic E-state index is 12.4. The Labute approximate surface area is 115 Å². The van der Waals surface area contributed by atoms with Crippen LogP contribution in [0, 0.1) is 0 Å². The zero-order chi connectivity index (χ0) is 12.6. The van der Waals surface area contributed by atoms with Crippen LogP contribution in [0.4, 0.5) is 0 Å². The second-order valence-electron chi connectivity index (χ2n) is 4.55. The molecule has 3 atom stereocenters. The predicted octanol–water partition coefficient (Wildman–Crippen LogP) is 1.47. The minimum Gasteiger partial charge on any atom is -0.392 e. The molecule has 4 nitrogen and oxygen atoms in total. The number of allylic oxidation sites excluding steroid dienone is 2. The minimum absolute atomic E-state index is 0.0130. The lowest BCUT2D eigenvalue weighted by Gasteiger charge is -2.23. The van der Waals surface area contributed by atoms with Crippen molar-refractivity contribution in [3.05, 3.63) is 22.8 Å². The van der Waals surface area contributed by atoms with Crippen LogP contribution in [0.15, 0.2) is 22.8 Å². The maximum Gasteiger partial charge on any atom is 0.198 e. The van der Waals surface area contributed by atoms with Gasteiger partial charge < -0.3 is 10.4 Å². The molecule has 1 aliphatic heterocycles. The first-order chi connectivity index (χ1) is 7.91. The van der Waals surface area contributed by atoms with Crippen LogP contribution in [-0.2, 0) is 9.84 Å². The topological polar surface area (TPSA) is 66.4 Å². The van der Waals surface area contributed by atoms with Gasteiger partial charge in [-0.15, -0.1) is 0 Å². The average Bonchev–Trinajstić information content (AvgIpc) is 2.63. The molecule has 1 saturated carbocycles. The Morgan fingerprint density at radius 1 is 1.47 bits per heavy atom. The van der Waals surface area contributed by atoms with Gasteiger partial charge >= 0.3 is 0 Å². The lowest BCUT2D eigenvalue weighted by Crippen LogP contribution is -2.37. The van der Waals surface area contributed by atoms with Crippen LogP contribution >= 0.6 is 22.6 Å². The minimum atomic E-state index is -3.42. The number of nitrogens with one attached hydrogen (secondary N) is 1. The van der Waals surface area contributed by atoms with Crippen LogP contribution in [-0.4, -0.2) is 28.9 Å². The van der Waals surface area contributed by atoms with E-state index in [-0.39, 0.29) is 9.08 Å². The van der Waals surface area contributed by atoms with Crippen LogP contribution in [0.25, 0.3) is 0 Å². The van der Waals surface area contributed by atoms with Gasteiger partial charge in [0, 0.05) is 0 Å². The van der Waals surface area contributed by atoms with Crippen molar-refractivity contribution in [3.8, 4) is 0 Å². The number of hydrogen-bond acceptors (Lipinski definition) is 4. The Kier molecular flexibility index (Phi) is 3.84. The van der Waals surface area contributed by atoms with Gasteiger partial charge in [-0.25, -0.2) is 8.42 Å². The summed E-state index contributed by atoms with van der Waals surface area (Å²) >= 11 is 2.14. The predicted molar refractivity (Wildman–Crippen MR) is 75.3 cm³/mol. The molecule has 1 fully saturated rings. The number of hydrogen-bond donors (Lipinski definition) is 2. The summed E-state index contributed by atoms with van der Waals surface area (Å²) in [5.41, 5.74) is 0.939. The summed E-state index contributed by atoms with van der Waals surface area (Å²) in [6, 6.07) is 0. The molecule has 2 N–H and O–H groups in total. The normalized spacial score (nSPS) is 33.9. The summed E-state index contributed by atoms with van der Waals surface area (Å²) in [6.07, 6.45) is 4.80. The van der Waals surface area contributed by atoms with Crippen molar-refractivity contribution in [1.29, 1.82) is 0 Å². The second-order valence-corrected chi connectivity index (χ2v) is 8.02. The van der Waals surface area contributed by atoms with Crippen molar-refractivity contribution in [2.45, 2.75) is 41.6 Å². The third-order valence-corrected chi connectivity index (χ3v) is 6.04. The quantitative estimate of drug-likeness (QED) is 0.440. The van der Waals surface area contributed by atoms with Gasteiger partial charge in [0.25, 0.3) is 0 Å². The van der Waals surface area contributed by atoms with E-state index >= 15 is 0 Å². The highest BCUT2D eigenvalue weighted by Gasteiger charge is 2.39. The first-order valence-electron chi connectivity index (χ1n) is 5.64. The summed E-state index contributed by atoms with van der Waals surface area (Å²) in [6.45, 7) is 1.88. The number of dihydropyridines is 1. The molecule has 0 aromatic heterocycles. The van der Waals surface area contributed by atoms with E-state index in [9.17, 15) is 13.5 Å². The average molecular weight is 369 g/mol. The smallest absolute Gasteiger partial charge is 0.198 e. The summed E-state index contributed by atoms with van der Waals surface area (Å²) in [5, 5.41) is 12.3. The van der Waals surface area contributed by atoms with E-state index < -0.39 is 21.2 Å². The Morgan fingerprint density at radius 2 is 2.18 bits per heavy atom. The third-order valence-electron chi connectivity index (χ3n) is 3.17. The molecule has 0 spiro atoms. The number of aliphatic hydroxyl groups excluding tert-OH is 1. The van der Waals surface area contributed by atoms with E-state index in [0.29, 0.717) is 12.8 Å². The first kappa shape index (κ1) is 13.4. The zero-order valence-electron chi connectivity index (χ0n) is 9.56. The largest absolute Gasteiger partial charge is 0.392 e. The van der Waals surface area contributed by atoms with Gasteiger partial charge in [-0.3, -0.25) is 0 Å². The van der Waals surface area contributed by atoms with Crippen molar-refractivity contribution >= 4 is 32.4 Å². The molecule has 17 heavy (non-hydrogen) atoms. The molecule has 0 radical (unpaired) electrons. The highest BCUT2D eigenvalue weighted by Crippen LogP contribution is 2.30. The van der Waals surface area contributed by atoms with E-state index in [1.54, 1.807) is 6.08 Å². The molecule has 1 unspecified atom stereocenters. The zero-order valence-corrected chi connectivity index (χ0v) is 12.5. The van der Waals surface area contributed by atoms with E-state index in [1.165, 1.54) is 0 Å². The number of rotatable bonds is 2. The molecule has 0 amide bonds. The molecule has 2 aliphatic rings. The molecule has 0 bridgehead atoms. The Morgan fingerprint density at radius 3 is 2.71 bits per heavy atom. The molecule has 1 heterocycles. The number of alkyl halides is 1. The lowest BCUT2D eigenvalue weighted by molar-refractivity contribution is 0.185. The number of sulfone groups is 1. The molecular weight excluding hydrogens is 353 g/mol. The van der Waals surface area contributed by atoms with Gasteiger partial charge in [-0.2, -0.15) is 0 Å². The number of halogens is 1. The van der Waals surface area contributed by atoms with Crippen LogP contribution in [0.5, 0.6) is 0 Å². The van der Waals surface area contributed by atoms with Crippen molar-refractivity contribution < 1.29 is 13.5 Å². The number of aliphatic hydroxyl groups is 1. The van der Waals surface area contributed by atoms with Gasteiger partial charge in [0.05, 0.1) is 15.4 Å². The Bertz CT molecular complexity index is 469. The fourth-order valence-electron chi connectivity index (χ4n) is 2.30. The van der Waals surface area contributed by atoms with Crippen LogP contribution in [0.2, 0.25) is 0 Å². The second kappa shape index (κ2) is 4.89. The van der Waals surface area contributed by atoms with E-state index in [1.807, 2.05) is 13.0 Å². The van der Waals surface area contributed by atoms with Crippen molar-refractivity contribution in [1.82, 2.24) is 5.32 Å². The highest BCUT2D eigenvalue weighted by atomic mass is 127. The molecule has 96 valence electrons. The van der Waals surface area contributed by atoms with Gasteiger partial charge in [0.15, 0.2) is 9.84 Å². The van der Waals surface area contributed by atoms with Gasteiger partial charge in [-0.05, 0) is 43.9 Å². The van der Waals surface area contributed by atoms with Crippen LogP contribution in [0.3, 0.4) is 0 Å². The van der Waals surface area contributed by atoms with E-state index in [2.05, 4.69) is 27.9 Å². The SMILES string of the molecule is CC1=CC(I)NC(S(=O)(=O)[C@@H]2CCC[C@H]2O)=C1. The van der Waals surface area contributed by atoms with Crippen LogP contribution in [0.1, 0.15) is 26.2 Å². The molecule has 1 aliphatic carbocycles. The molecule has 0 aromatic rings. The van der Waals surface area contributed by atoms with E-state index in [4.69, 9.17) is 0 Å². The molecule has 0 saturated heterocycles. The standard InChI is InChI=1S/C11H16INO3S/c1-7-5-10(12)13-11(6-7)17(15,16)9-4-2-3-8(9)14/h5-6,8-10,13-14H,2-4H2,1H3/t8-,9-,10?/m1/s1. The lowest BCUT2D eigenvalue weighted by atomic mass is 10.2. The fourth-order valence-corrected chi connectivity index (χ4v) is 5.41. The maximum atomic E-state index is 12.4. The van der Waals surface area contributed by atoms with Crippen molar-refractivity contribution in [3.63, 3.8) is 0 Å². The van der Waals surface area contributed by atoms with Crippen LogP contribution < -0.4 is 5.32 Å². The van der Waals surface area contributed by atoms with Crippen molar-refractivity contribution in [2.24, 2.45) is 0 Å². The summed E-state index contributed by atoms with van der Waals surface area (Å²) < 4.78 is 24.7. The van der Waals surface area contributed by atoms with Gasteiger partial charge in [-0.1, -0.05) is 22.6 Å². The molecule has 2 rings (SSSR count). The monoisotopic (exact) mass is 369 g/mol. The Balaban J connectivity index is 2.30. The third kappa shape index (κ3) is 2.68. The summed E-state index contributed by atoms with van der Waals surface area (Å²) in [4.78, 5) is 0. The Hall–Kier alpha value is -0.0800. The molecule has 0 aromatic carbocycles. The first-order valence-corrected chi connectivity index (χ1v) is 8.43. The van der Waals surface area contributed by atoms with Crippen molar-refractivity contribution in [2.75, 3.05) is 0 Å².